The van der Waals surface area contributed by atoms with Crippen molar-refractivity contribution >= 4 is 17.3 Å². The molecular formula is C18H18N2O3. The number of benzene rings is 2. The number of nitrogens with zero attached hydrogens (tertiary/aromatic N) is 1. The predicted molar refractivity (Wildman–Crippen MR) is 88.7 cm³/mol. The summed E-state index contributed by atoms with van der Waals surface area (Å²) < 4.78 is 5.35. The van der Waals surface area contributed by atoms with Gasteiger partial charge < -0.3 is 14.9 Å². The van der Waals surface area contributed by atoms with E-state index < -0.39 is 5.60 Å². The molecule has 0 aliphatic carbocycles. The second kappa shape index (κ2) is 6.12. The van der Waals surface area contributed by atoms with Gasteiger partial charge in [-0.1, -0.05) is 35.5 Å². The van der Waals surface area contributed by atoms with E-state index in [1.54, 1.807) is 14.0 Å². The molecule has 0 saturated heterocycles. The Kier molecular flexibility index (Phi) is 4.02. The molecule has 1 amide bonds. The van der Waals surface area contributed by atoms with Crippen LogP contribution in [0.2, 0.25) is 0 Å². The summed E-state index contributed by atoms with van der Waals surface area (Å²) in [5.74, 6) is 0.486. The lowest BCUT2D eigenvalue weighted by atomic mass is 9.94. The average Bonchev–Trinajstić information content (AvgIpc) is 2.99. The van der Waals surface area contributed by atoms with Crippen LogP contribution in [0.5, 0.6) is 5.75 Å². The third-order valence-electron chi connectivity index (χ3n) is 3.79. The quantitative estimate of drug-likeness (QED) is 0.943. The van der Waals surface area contributed by atoms with Gasteiger partial charge >= 0.3 is 0 Å². The maximum absolute atomic E-state index is 12.5. The van der Waals surface area contributed by atoms with Crippen molar-refractivity contribution < 1.29 is 14.4 Å². The van der Waals surface area contributed by atoms with Gasteiger partial charge in [-0.3, -0.25) is 4.79 Å². The normalized spacial score (nSPS) is 19.7. The number of carbonyl (C=O) groups excluding carboxylic acids is 1. The van der Waals surface area contributed by atoms with Crippen molar-refractivity contribution in [3.05, 3.63) is 60.2 Å². The Morgan fingerprint density at radius 2 is 1.87 bits per heavy atom. The highest BCUT2D eigenvalue weighted by molar-refractivity contribution is 6.09. The van der Waals surface area contributed by atoms with Crippen molar-refractivity contribution in [3.63, 3.8) is 0 Å². The van der Waals surface area contributed by atoms with Crippen LogP contribution in [0.3, 0.4) is 0 Å². The Balaban J connectivity index is 1.75. The molecule has 0 bridgehead atoms. The number of hydrogen-bond donors (Lipinski definition) is 1. The molecular weight excluding hydrogens is 292 g/mol. The summed E-state index contributed by atoms with van der Waals surface area (Å²) in [6.07, 6.45) is 0.381. The lowest BCUT2D eigenvalue weighted by molar-refractivity contribution is -0.135. The van der Waals surface area contributed by atoms with Crippen LogP contribution in [0.4, 0.5) is 5.69 Å². The van der Waals surface area contributed by atoms with Crippen molar-refractivity contribution in [2.24, 2.45) is 5.16 Å². The van der Waals surface area contributed by atoms with Crippen molar-refractivity contribution in [3.8, 4) is 5.75 Å². The van der Waals surface area contributed by atoms with Gasteiger partial charge in [0.25, 0.3) is 5.91 Å². The second-order valence-electron chi connectivity index (χ2n) is 5.56. The van der Waals surface area contributed by atoms with Crippen molar-refractivity contribution in [2.45, 2.75) is 18.9 Å². The van der Waals surface area contributed by atoms with Crippen LogP contribution in [-0.2, 0) is 9.63 Å². The number of methoxy groups -OCH3 is 1. The average molecular weight is 310 g/mol. The Morgan fingerprint density at radius 3 is 2.61 bits per heavy atom. The van der Waals surface area contributed by atoms with Crippen LogP contribution in [0.25, 0.3) is 0 Å². The molecule has 118 valence electrons. The highest BCUT2D eigenvalue weighted by Crippen LogP contribution is 2.31. The molecule has 0 saturated carbocycles. The third kappa shape index (κ3) is 3.04. The minimum Gasteiger partial charge on any atom is -0.496 e. The van der Waals surface area contributed by atoms with Crippen molar-refractivity contribution in [2.75, 3.05) is 12.4 Å². The first-order valence-electron chi connectivity index (χ1n) is 7.37. The number of nitrogens with one attached hydrogen (secondary N) is 1. The van der Waals surface area contributed by atoms with Crippen LogP contribution in [0, 0.1) is 0 Å². The largest absolute Gasteiger partial charge is 0.496 e. The first-order valence-corrected chi connectivity index (χ1v) is 7.37. The van der Waals surface area contributed by atoms with E-state index in [4.69, 9.17) is 9.57 Å². The molecule has 23 heavy (non-hydrogen) atoms. The minimum atomic E-state index is -1.04. The van der Waals surface area contributed by atoms with E-state index in [0.717, 1.165) is 11.3 Å². The monoisotopic (exact) mass is 310 g/mol. The molecule has 3 rings (SSSR count). The van der Waals surface area contributed by atoms with Gasteiger partial charge in [0.2, 0.25) is 5.60 Å². The molecule has 2 aromatic rings. The second-order valence-corrected chi connectivity index (χ2v) is 5.56. The zero-order valence-corrected chi connectivity index (χ0v) is 13.1. The third-order valence-corrected chi connectivity index (χ3v) is 3.79. The smallest absolute Gasteiger partial charge is 0.271 e. The Hall–Kier alpha value is -2.82. The molecule has 0 radical (unpaired) electrons. The van der Waals surface area contributed by atoms with Crippen molar-refractivity contribution in [1.29, 1.82) is 0 Å². The summed E-state index contributed by atoms with van der Waals surface area (Å²) in [5.41, 5.74) is 1.24. The summed E-state index contributed by atoms with van der Waals surface area (Å²) in [4.78, 5) is 18.0. The zero-order chi connectivity index (χ0) is 16.3. The molecule has 0 aromatic heterocycles. The van der Waals surface area contributed by atoms with Gasteiger partial charge in [0.1, 0.15) is 5.75 Å². The molecule has 1 aliphatic heterocycles. The SMILES string of the molecule is COc1ccccc1C1=NO[C@](C)(C(=O)Nc2ccccc2)C1. The summed E-state index contributed by atoms with van der Waals surface area (Å²) >= 11 is 0. The number of oxime groups is 1. The molecule has 1 N–H and O–H groups in total. The van der Waals surface area contributed by atoms with E-state index in [9.17, 15) is 4.79 Å². The van der Waals surface area contributed by atoms with E-state index in [1.807, 2.05) is 54.6 Å². The Morgan fingerprint density at radius 1 is 1.17 bits per heavy atom. The van der Waals surface area contributed by atoms with Gasteiger partial charge in [0, 0.05) is 17.7 Å². The van der Waals surface area contributed by atoms with E-state index in [0.29, 0.717) is 17.9 Å². The van der Waals surface area contributed by atoms with E-state index >= 15 is 0 Å². The number of hydrogen-bond acceptors (Lipinski definition) is 4. The van der Waals surface area contributed by atoms with Gasteiger partial charge in [-0.05, 0) is 31.2 Å². The summed E-state index contributed by atoms with van der Waals surface area (Å²) in [6, 6.07) is 16.8. The summed E-state index contributed by atoms with van der Waals surface area (Å²) in [7, 11) is 1.61. The van der Waals surface area contributed by atoms with Crippen molar-refractivity contribution in [1.82, 2.24) is 0 Å². The fraction of sp³-hybridized carbons (Fsp3) is 0.222. The lowest BCUT2D eigenvalue weighted by Gasteiger charge is -2.20. The topological polar surface area (TPSA) is 59.9 Å². The van der Waals surface area contributed by atoms with Crippen LogP contribution < -0.4 is 10.1 Å². The van der Waals surface area contributed by atoms with Crippen LogP contribution in [0.1, 0.15) is 18.9 Å². The first-order chi connectivity index (χ1) is 11.1. The number of para-hydroxylation sites is 2. The molecule has 5 heteroatoms. The molecule has 2 aromatic carbocycles. The molecule has 0 fully saturated rings. The Bertz CT molecular complexity index is 743. The lowest BCUT2D eigenvalue weighted by Crippen LogP contribution is -2.40. The summed E-state index contributed by atoms with van der Waals surface area (Å²) in [5, 5.41) is 6.96. The number of carbonyl (C=O) groups is 1. The summed E-state index contributed by atoms with van der Waals surface area (Å²) in [6.45, 7) is 1.73. The maximum atomic E-state index is 12.5. The number of ether oxygens (including phenoxy) is 1. The van der Waals surface area contributed by atoms with Gasteiger partial charge in [-0.25, -0.2) is 0 Å². The molecule has 1 heterocycles. The Labute approximate surface area is 134 Å². The molecule has 1 aliphatic rings. The predicted octanol–water partition coefficient (Wildman–Crippen LogP) is 3.22. The number of rotatable bonds is 4. The standard InChI is InChI=1S/C18H18N2O3/c1-18(17(21)19-13-8-4-3-5-9-13)12-15(20-23-18)14-10-6-7-11-16(14)22-2/h3-11H,12H2,1-2H3,(H,19,21)/t18-/m0/s1. The number of amides is 1. The maximum Gasteiger partial charge on any atom is 0.271 e. The van der Waals surface area contributed by atoms with E-state index in [-0.39, 0.29) is 5.91 Å². The number of anilines is 1. The fourth-order valence-corrected chi connectivity index (χ4v) is 2.47. The zero-order valence-electron chi connectivity index (χ0n) is 13.1. The van der Waals surface area contributed by atoms with Gasteiger partial charge in [0.05, 0.1) is 12.8 Å². The first kappa shape index (κ1) is 15.1. The molecule has 5 nitrogen and oxygen atoms in total. The van der Waals surface area contributed by atoms with Gasteiger partial charge in [0.15, 0.2) is 0 Å². The molecule has 0 spiro atoms. The molecule has 1 atom stereocenters. The highest BCUT2D eigenvalue weighted by atomic mass is 16.7. The minimum absolute atomic E-state index is 0.225. The van der Waals surface area contributed by atoms with E-state index in [2.05, 4.69) is 10.5 Å². The van der Waals surface area contributed by atoms with Gasteiger partial charge in [-0.2, -0.15) is 0 Å². The highest BCUT2D eigenvalue weighted by Gasteiger charge is 2.42. The van der Waals surface area contributed by atoms with Gasteiger partial charge in [-0.15, -0.1) is 0 Å². The molecule has 0 unspecified atom stereocenters. The van der Waals surface area contributed by atoms with Crippen LogP contribution in [0.15, 0.2) is 59.8 Å². The fourth-order valence-electron chi connectivity index (χ4n) is 2.47. The van der Waals surface area contributed by atoms with Crippen LogP contribution >= 0.6 is 0 Å². The van der Waals surface area contributed by atoms with Crippen LogP contribution in [-0.4, -0.2) is 24.3 Å². The van der Waals surface area contributed by atoms with E-state index in [1.165, 1.54) is 0 Å².